The number of aromatic hydroxyl groups is 1. The van der Waals surface area contributed by atoms with Gasteiger partial charge in [-0.3, -0.25) is 4.79 Å². The summed E-state index contributed by atoms with van der Waals surface area (Å²) < 4.78 is 9.66. The van der Waals surface area contributed by atoms with Gasteiger partial charge in [-0.05, 0) is 0 Å². The van der Waals surface area contributed by atoms with Crippen molar-refractivity contribution in [3.63, 3.8) is 0 Å². The molecule has 0 atom stereocenters. The van der Waals surface area contributed by atoms with E-state index >= 15 is 0 Å². The van der Waals surface area contributed by atoms with E-state index in [-0.39, 0.29) is 5.75 Å². The number of hydrogen-bond donors (Lipinski definition) is 1. The molecule has 5 heteroatoms. The Morgan fingerprint density at radius 3 is 2.93 bits per heavy atom. The molecule has 78 valence electrons. The van der Waals surface area contributed by atoms with Crippen molar-refractivity contribution in [1.29, 1.82) is 0 Å². The standard InChI is InChI=1S/C9H13NO4/c1-10(3-4-13-2)7-5-14-6-8(11)9(7)12/h5-6,11H,3-4H2,1-2H3. The van der Waals surface area contributed by atoms with E-state index in [1.54, 1.807) is 19.1 Å². The summed E-state index contributed by atoms with van der Waals surface area (Å²) in [7, 11) is 3.31. The maximum Gasteiger partial charge on any atom is 0.249 e. The molecule has 0 fully saturated rings. The van der Waals surface area contributed by atoms with Crippen molar-refractivity contribution in [3.8, 4) is 5.75 Å². The minimum Gasteiger partial charge on any atom is -0.502 e. The minimum atomic E-state index is -0.435. The molecule has 0 aromatic carbocycles. The van der Waals surface area contributed by atoms with Crippen molar-refractivity contribution in [3.05, 3.63) is 22.7 Å². The Hall–Kier alpha value is -1.49. The first-order chi connectivity index (χ1) is 6.66. The third kappa shape index (κ3) is 2.26. The first-order valence-electron chi connectivity index (χ1n) is 4.16. The van der Waals surface area contributed by atoms with E-state index in [1.807, 2.05) is 0 Å². The quantitative estimate of drug-likeness (QED) is 0.761. The van der Waals surface area contributed by atoms with Crippen LogP contribution in [-0.2, 0) is 4.74 Å². The molecule has 14 heavy (non-hydrogen) atoms. The minimum absolute atomic E-state index is 0.321. The second-order valence-corrected chi connectivity index (χ2v) is 2.89. The van der Waals surface area contributed by atoms with E-state index in [0.29, 0.717) is 18.8 Å². The smallest absolute Gasteiger partial charge is 0.249 e. The molecule has 0 radical (unpaired) electrons. The summed E-state index contributed by atoms with van der Waals surface area (Å²) in [6.45, 7) is 1.07. The highest BCUT2D eigenvalue weighted by Crippen LogP contribution is 2.10. The van der Waals surface area contributed by atoms with E-state index < -0.39 is 5.43 Å². The zero-order valence-corrected chi connectivity index (χ0v) is 8.19. The van der Waals surface area contributed by atoms with Crippen molar-refractivity contribution < 1.29 is 14.3 Å². The van der Waals surface area contributed by atoms with E-state index in [2.05, 4.69) is 0 Å². The van der Waals surface area contributed by atoms with E-state index in [0.717, 1.165) is 6.26 Å². The first-order valence-corrected chi connectivity index (χ1v) is 4.16. The van der Waals surface area contributed by atoms with Gasteiger partial charge in [-0.15, -0.1) is 0 Å². The number of anilines is 1. The van der Waals surface area contributed by atoms with E-state index in [4.69, 9.17) is 14.3 Å². The normalized spacial score (nSPS) is 10.1. The molecule has 0 spiro atoms. The van der Waals surface area contributed by atoms with Gasteiger partial charge >= 0.3 is 0 Å². The van der Waals surface area contributed by atoms with Crippen LogP contribution in [0.1, 0.15) is 0 Å². The third-order valence-electron chi connectivity index (χ3n) is 1.87. The summed E-state index contributed by atoms with van der Waals surface area (Å²) in [4.78, 5) is 13.0. The van der Waals surface area contributed by atoms with Gasteiger partial charge in [0.2, 0.25) is 11.2 Å². The van der Waals surface area contributed by atoms with Crippen molar-refractivity contribution >= 4 is 5.69 Å². The van der Waals surface area contributed by atoms with Gasteiger partial charge in [-0.25, -0.2) is 0 Å². The molecule has 5 nitrogen and oxygen atoms in total. The van der Waals surface area contributed by atoms with Crippen LogP contribution in [0.5, 0.6) is 5.75 Å². The van der Waals surface area contributed by atoms with Gasteiger partial charge in [0.05, 0.1) is 6.61 Å². The maximum absolute atomic E-state index is 11.4. The SMILES string of the molecule is COCCN(C)c1cocc(O)c1=O. The number of rotatable bonds is 4. The fourth-order valence-electron chi connectivity index (χ4n) is 1.01. The van der Waals surface area contributed by atoms with Crippen LogP contribution < -0.4 is 10.3 Å². The zero-order chi connectivity index (χ0) is 10.6. The highest BCUT2D eigenvalue weighted by Gasteiger charge is 2.09. The number of methoxy groups -OCH3 is 1. The summed E-state index contributed by atoms with van der Waals surface area (Å²) in [5.74, 6) is -0.383. The predicted molar refractivity (Wildman–Crippen MR) is 51.8 cm³/mol. The Kier molecular flexibility index (Phi) is 3.53. The van der Waals surface area contributed by atoms with E-state index in [9.17, 15) is 4.79 Å². The highest BCUT2D eigenvalue weighted by molar-refractivity contribution is 5.45. The molecule has 0 saturated heterocycles. The summed E-state index contributed by atoms with van der Waals surface area (Å²) in [5, 5.41) is 9.11. The Morgan fingerprint density at radius 2 is 2.29 bits per heavy atom. The van der Waals surface area contributed by atoms with Gasteiger partial charge < -0.3 is 19.2 Å². The van der Waals surface area contributed by atoms with Gasteiger partial charge in [0.15, 0.2) is 0 Å². The highest BCUT2D eigenvalue weighted by atomic mass is 16.5. The number of hydrogen-bond acceptors (Lipinski definition) is 5. The van der Waals surface area contributed by atoms with Gasteiger partial charge in [0, 0.05) is 20.7 Å². The molecule has 0 aliphatic heterocycles. The van der Waals surface area contributed by atoms with Crippen LogP contribution in [0.25, 0.3) is 0 Å². The average Bonchev–Trinajstić information content (AvgIpc) is 2.18. The molecule has 1 aromatic rings. The van der Waals surface area contributed by atoms with Crippen molar-refractivity contribution in [2.75, 3.05) is 32.2 Å². The molecular weight excluding hydrogens is 186 g/mol. The van der Waals surface area contributed by atoms with Gasteiger partial charge in [-0.2, -0.15) is 0 Å². The lowest BCUT2D eigenvalue weighted by Crippen LogP contribution is -2.26. The Balaban J connectivity index is 2.84. The molecule has 0 saturated carbocycles. The molecule has 1 N–H and O–H groups in total. The van der Waals surface area contributed by atoms with E-state index in [1.165, 1.54) is 6.26 Å². The lowest BCUT2D eigenvalue weighted by Gasteiger charge is -2.16. The maximum atomic E-state index is 11.4. The van der Waals surface area contributed by atoms with Crippen LogP contribution in [0.4, 0.5) is 5.69 Å². The lowest BCUT2D eigenvalue weighted by atomic mass is 10.3. The molecule has 1 rings (SSSR count). The number of ether oxygens (including phenoxy) is 1. The number of likely N-dealkylation sites (N-methyl/N-ethyl adjacent to an activating group) is 1. The molecule has 1 aromatic heterocycles. The van der Waals surface area contributed by atoms with Crippen molar-refractivity contribution in [1.82, 2.24) is 0 Å². The molecule has 0 amide bonds. The second-order valence-electron chi connectivity index (χ2n) is 2.89. The predicted octanol–water partition coefficient (Wildman–Crippen LogP) is 0.428. The molecule has 1 heterocycles. The topological polar surface area (TPSA) is 62.9 Å². The third-order valence-corrected chi connectivity index (χ3v) is 1.87. The van der Waals surface area contributed by atoms with Crippen molar-refractivity contribution in [2.24, 2.45) is 0 Å². The molecular formula is C9H13NO4. The summed E-state index contributed by atoms with van der Waals surface area (Å²) >= 11 is 0. The fraction of sp³-hybridized carbons (Fsp3) is 0.444. The largest absolute Gasteiger partial charge is 0.502 e. The van der Waals surface area contributed by atoms with Crippen LogP contribution >= 0.6 is 0 Å². The van der Waals surface area contributed by atoms with Crippen LogP contribution in [0.15, 0.2) is 21.7 Å². The van der Waals surface area contributed by atoms with Gasteiger partial charge in [0.25, 0.3) is 0 Å². The van der Waals surface area contributed by atoms with Crippen LogP contribution in [0, 0.1) is 0 Å². The monoisotopic (exact) mass is 199 g/mol. The Bertz CT molecular complexity index is 347. The number of nitrogens with zero attached hydrogens (tertiary/aromatic N) is 1. The van der Waals surface area contributed by atoms with Gasteiger partial charge in [-0.1, -0.05) is 0 Å². The fourth-order valence-corrected chi connectivity index (χ4v) is 1.01. The van der Waals surface area contributed by atoms with Crippen LogP contribution in [0.2, 0.25) is 0 Å². The van der Waals surface area contributed by atoms with Crippen LogP contribution in [0.3, 0.4) is 0 Å². The van der Waals surface area contributed by atoms with Gasteiger partial charge in [0.1, 0.15) is 18.2 Å². The molecule has 0 aliphatic rings. The average molecular weight is 199 g/mol. The lowest BCUT2D eigenvalue weighted by molar-refractivity contribution is 0.206. The zero-order valence-electron chi connectivity index (χ0n) is 8.19. The summed E-state index contributed by atoms with van der Waals surface area (Å²) in [6.07, 6.45) is 2.31. The summed E-state index contributed by atoms with van der Waals surface area (Å²) in [6, 6.07) is 0. The Labute approximate surface area is 81.5 Å². The summed E-state index contributed by atoms with van der Waals surface area (Å²) in [5.41, 5.74) is -0.114. The van der Waals surface area contributed by atoms with Crippen LogP contribution in [-0.4, -0.2) is 32.4 Å². The molecule has 0 unspecified atom stereocenters. The molecule has 0 bridgehead atoms. The molecule has 0 aliphatic carbocycles. The Morgan fingerprint density at radius 1 is 1.57 bits per heavy atom. The second kappa shape index (κ2) is 4.66. The van der Waals surface area contributed by atoms with Crippen molar-refractivity contribution in [2.45, 2.75) is 0 Å². The first kappa shape index (κ1) is 10.6.